The zero-order valence-corrected chi connectivity index (χ0v) is 21.3. The van der Waals surface area contributed by atoms with Crippen LogP contribution in [0.25, 0.3) is 17.0 Å². The Morgan fingerprint density at radius 3 is 2.59 bits per heavy atom. The van der Waals surface area contributed by atoms with Crippen LogP contribution in [0.15, 0.2) is 77.7 Å². The second kappa shape index (κ2) is 10.2. The van der Waals surface area contributed by atoms with Crippen LogP contribution in [-0.4, -0.2) is 33.1 Å². The Balaban J connectivity index is 1.42. The Morgan fingerprint density at radius 1 is 1.05 bits per heavy atom. The Morgan fingerprint density at radius 2 is 1.81 bits per heavy atom. The van der Waals surface area contributed by atoms with Gasteiger partial charge in [0.05, 0.1) is 4.91 Å². The molecule has 0 bridgehead atoms. The van der Waals surface area contributed by atoms with Gasteiger partial charge >= 0.3 is 0 Å². The molecule has 0 unspecified atom stereocenters. The van der Waals surface area contributed by atoms with Gasteiger partial charge in [-0.2, -0.15) is 0 Å². The third-order valence-corrected chi connectivity index (χ3v) is 7.40. The molecule has 2 heterocycles. The minimum Gasteiger partial charge on any atom is -0.340 e. The zero-order valence-electron chi connectivity index (χ0n) is 19.7. The van der Waals surface area contributed by atoms with Crippen molar-refractivity contribution in [3.8, 4) is 0 Å². The molecule has 5 rings (SSSR count). The lowest BCUT2D eigenvalue weighted by atomic mass is 10.1. The van der Waals surface area contributed by atoms with E-state index in [0.717, 1.165) is 50.5 Å². The summed E-state index contributed by atoms with van der Waals surface area (Å²) in [6, 6.07) is 20.9. The third kappa shape index (κ3) is 5.03. The highest BCUT2D eigenvalue weighted by atomic mass is 35.5. The smallest absolute Gasteiger partial charge is 0.294 e. The number of rotatable bonds is 6. The van der Waals surface area contributed by atoms with E-state index in [1.165, 1.54) is 18.2 Å². The molecule has 0 spiro atoms. The maximum Gasteiger partial charge on any atom is 0.294 e. The van der Waals surface area contributed by atoms with Crippen LogP contribution >= 0.6 is 23.4 Å². The van der Waals surface area contributed by atoms with E-state index < -0.39 is 29.4 Å². The lowest BCUT2D eigenvalue weighted by molar-refractivity contribution is -0.127. The Kier molecular flexibility index (Phi) is 6.86. The first kappa shape index (κ1) is 24.8. The average Bonchev–Trinajstić information content (AvgIpc) is 3.28. The number of hydrogen-bond donors (Lipinski definition) is 1. The van der Waals surface area contributed by atoms with E-state index in [-0.39, 0.29) is 10.6 Å². The maximum atomic E-state index is 13.4. The summed E-state index contributed by atoms with van der Waals surface area (Å²) in [7, 11) is 0. The first-order valence-electron chi connectivity index (χ1n) is 11.4. The number of carbonyl (C=O) groups excluding carboxylic acids is 3. The number of imide groups is 1. The summed E-state index contributed by atoms with van der Waals surface area (Å²) in [6.07, 6.45) is 1.70. The molecule has 186 valence electrons. The summed E-state index contributed by atoms with van der Waals surface area (Å²) < 4.78 is 15.5. The van der Waals surface area contributed by atoms with Gasteiger partial charge in [0.2, 0.25) is 5.91 Å². The lowest BCUT2D eigenvalue weighted by Gasteiger charge is -2.12. The van der Waals surface area contributed by atoms with Gasteiger partial charge in [-0.25, -0.2) is 4.39 Å². The number of aromatic nitrogens is 1. The SMILES string of the molecule is Cc1c(/C=C2/SC(=O)N(CC(=O)Nc3cccc(F)c3)C2=O)c2ccccc2n1Cc1ccccc1Cl. The monoisotopic (exact) mass is 533 g/mol. The quantitative estimate of drug-likeness (QED) is 0.288. The predicted octanol–water partition coefficient (Wildman–Crippen LogP) is 6.47. The highest BCUT2D eigenvalue weighted by Gasteiger charge is 2.36. The van der Waals surface area contributed by atoms with Crippen molar-refractivity contribution in [1.29, 1.82) is 0 Å². The minimum atomic E-state index is -0.596. The molecular formula is C28H21ClFN3O3S. The van der Waals surface area contributed by atoms with Crippen LogP contribution in [0.4, 0.5) is 14.9 Å². The molecule has 6 nitrogen and oxygen atoms in total. The second-order valence-corrected chi connectivity index (χ2v) is 9.92. The number of para-hydroxylation sites is 1. The van der Waals surface area contributed by atoms with Gasteiger partial charge in [-0.05, 0) is 60.7 Å². The van der Waals surface area contributed by atoms with E-state index >= 15 is 0 Å². The van der Waals surface area contributed by atoms with Crippen molar-refractivity contribution >= 4 is 63.1 Å². The van der Waals surface area contributed by atoms with Crippen LogP contribution in [0, 0.1) is 12.7 Å². The average molecular weight is 534 g/mol. The summed E-state index contributed by atoms with van der Waals surface area (Å²) in [5.41, 5.74) is 3.91. The number of amides is 3. The first-order valence-corrected chi connectivity index (χ1v) is 12.6. The van der Waals surface area contributed by atoms with Crippen LogP contribution in [0.5, 0.6) is 0 Å². The molecule has 4 aromatic rings. The van der Waals surface area contributed by atoms with Gasteiger partial charge in [-0.1, -0.05) is 54.1 Å². The fraction of sp³-hybridized carbons (Fsp3) is 0.107. The molecule has 0 radical (unpaired) electrons. The van der Waals surface area contributed by atoms with Crippen LogP contribution in [-0.2, 0) is 16.1 Å². The van der Waals surface area contributed by atoms with Crippen molar-refractivity contribution in [3.63, 3.8) is 0 Å². The van der Waals surface area contributed by atoms with Gasteiger partial charge < -0.3 is 9.88 Å². The number of benzene rings is 3. The van der Waals surface area contributed by atoms with E-state index in [0.29, 0.717) is 11.6 Å². The number of thioether (sulfide) groups is 1. The van der Waals surface area contributed by atoms with Crippen molar-refractivity contribution in [1.82, 2.24) is 9.47 Å². The molecule has 37 heavy (non-hydrogen) atoms. The summed E-state index contributed by atoms with van der Waals surface area (Å²) >= 11 is 7.19. The zero-order chi connectivity index (χ0) is 26.1. The predicted molar refractivity (Wildman–Crippen MR) is 145 cm³/mol. The van der Waals surface area contributed by atoms with Crippen LogP contribution in [0.2, 0.25) is 5.02 Å². The Hall–Kier alpha value is -3.88. The molecule has 0 saturated carbocycles. The molecule has 1 aliphatic rings. The molecule has 0 aliphatic carbocycles. The van der Waals surface area contributed by atoms with Crippen LogP contribution in [0.1, 0.15) is 16.8 Å². The molecule has 1 aliphatic heterocycles. The van der Waals surface area contributed by atoms with Crippen LogP contribution < -0.4 is 5.32 Å². The molecule has 9 heteroatoms. The van der Waals surface area contributed by atoms with Crippen LogP contribution in [0.3, 0.4) is 0 Å². The number of nitrogens with one attached hydrogen (secondary N) is 1. The van der Waals surface area contributed by atoms with Gasteiger partial charge in [0.25, 0.3) is 11.1 Å². The molecule has 3 aromatic carbocycles. The van der Waals surface area contributed by atoms with Gasteiger partial charge in [0.15, 0.2) is 0 Å². The van der Waals surface area contributed by atoms with Gasteiger partial charge in [0.1, 0.15) is 12.4 Å². The molecular weight excluding hydrogens is 513 g/mol. The molecule has 1 fully saturated rings. The lowest BCUT2D eigenvalue weighted by Crippen LogP contribution is -2.36. The maximum absolute atomic E-state index is 13.4. The van der Waals surface area contributed by atoms with E-state index in [2.05, 4.69) is 9.88 Å². The Labute approximate surface area is 221 Å². The number of halogens is 2. The van der Waals surface area contributed by atoms with E-state index in [9.17, 15) is 18.8 Å². The summed E-state index contributed by atoms with van der Waals surface area (Å²) in [5, 5.41) is 3.57. The van der Waals surface area contributed by atoms with Crippen molar-refractivity contribution < 1.29 is 18.8 Å². The summed E-state index contributed by atoms with van der Waals surface area (Å²) in [4.78, 5) is 39.3. The summed E-state index contributed by atoms with van der Waals surface area (Å²) in [6.45, 7) is 2.03. The highest BCUT2D eigenvalue weighted by molar-refractivity contribution is 8.18. The fourth-order valence-corrected chi connectivity index (χ4v) is 5.33. The normalized spacial score (nSPS) is 14.7. The largest absolute Gasteiger partial charge is 0.340 e. The second-order valence-electron chi connectivity index (χ2n) is 8.52. The summed E-state index contributed by atoms with van der Waals surface area (Å²) in [5.74, 6) is -1.65. The van der Waals surface area contributed by atoms with E-state index in [4.69, 9.17) is 11.6 Å². The van der Waals surface area contributed by atoms with Crippen molar-refractivity contribution in [2.24, 2.45) is 0 Å². The topological polar surface area (TPSA) is 71.4 Å². The van der Waals surface area contributed by atoms with Gasteiger partial charge in [-0.15, -0.1) is 0 Å². The number of fused-ring (bicyclic) bond motifs is 1. The molecule has 3 amide bonds. The van der Waals surface area contributed by atoms with E-state index in [1.807, 2.05) is 55.5 Å². The Bertz CT molecular complexity index is 1600. The molecule has 0 atom stereocenters. The molecule has 1 saturated heterocycles. The highest BCUT2D eigenvalue weighted by Crippen LogP contribution is 2.36. The fourth-order valence-electron chi connectivity index (χ4n) is 4.32. The number of hydrogen-bond acceptors (Lipinski definition) is 4. The van der Waals surface area contributed by atoms with Crippen molar-refractivity contribution in [2.75, 3.05) is 11.9 Å². The van der Waals surface area contributed by atoms with Gasteiger partial charge in [0, 0.05) is 39.4 Å². The van der Waals surface area contributed by atoms with Crippen molar-refractivity contribution in [3.05, 3.63) is 105 Å². The molecule has 1 aromatic heterocycles. The van der Waals surface area contributed by atoms with E-state index in [1.54, 1.807) is 6.08 Å². The minimum absolute atomic E-state index is 0.229. The number of anilines is 1. The first-order chi connectivity index (χ1) is 17.8. The van der Waals surface area contributed by atoms with Gasteiger partial charge in [-0.3, -0.25) is 19.3 Å². The number of carbonyl (C=O) groups is 3. The van der Waals surface area contributed by atoms with Crippen molar-refractivity contribution in [2.45, 2.75) is 13.5 Å². The third-order valence-electron chi connectivity index (χ3n) is 6.13. The number of nitrogens with zero attached hydrogens (tertiary/aromatic N) is 2. The molecule has 1 N–H and O–H groups in total. The standard InChI is InChI=1S/C28H21ClFN3O3S/c1-17-22(21-10-3-5-12-24(21)32(17)15-18-7-2-4-11-23(18)29)14-25-27(35)33(28(36)37-25)16-26(34)31-20-9-6-8-19(30)13-20/h2-14H,15-16H2,1H3,(H,31,34)/b25-14+.